The van der Waals surface area contributed by atoms with Crippen molar-refractivity contribution >= 4 is 23.0 Å². The predicted molar refractivity (Wildman–Crippen MR) is 102 cm³/mol. The van der Waals surface area contributed by atoms with Crippen LogP contribution >= 0.6 is 0 Å². The summed E-state index contributed by atoms with van der Waals surface area (Å²) in [6.45, 7) is 6.20. The summed E-state index contributed by atoms with van der Waals surface area (Å²) < 4.78 is 10.5. The molecule has 6 heteroatoms. The van der Waals surface area contributed by atoms with E-state index in [1.165, 1.54) is 0 Å². The number of nitrogens with two attached hydrogens (primary N) is 1. The van der Waals surface area contributed by atoms with Crippen LogP contribution in [0.5, 0.6) is 5.75 Å². The number of rotatable bonds is 9. The van der Waals surface area contributed by atoms with Crippen LogP contribution in [0.4, 0.5) is 17.1 Å². The molecule has 0 saturated carbocycles. The fourth-order valence-corrected chi connectivity index (χ4v) is 2.07. The zero-order valence-electron chi connectivity index (χ0n) is 14.9. The number of nitrogens with zero attached hydrogens (tertiary/aromatic N) is 2. The average Bonchev–Trinajstić information content (AvgIpc) is 2.66. The van der Waals surface area contributed by atoms with Crippen LogP contribution in [0, 0.1) is 6.92 Å². The van der Waals surface area contributed by atoms with E-state index < -0.39 is 5.97 Å². The Labute approximate surface area is 153 Å². The van der Waals surface area contributed by atoms with E-state index in [1.807, 2.05) is 49.4 Å². The third-order valence-electron chi connectivity index (χ3n) is 3.59. The lowest BCUT2D eigenvalue weighted by Gasteiger charge is -2.06. The normalized spacial score (nSPS) is 10.7. The Morgan fingerprint density at radius 1 is 1.08 bits per heavy atom. The number of unbranched alkanes of at least 4 members (excludes halogenated alkanes) is 1. The number of carbonyl (C=O) groups is 1. The minimum Gasteiger partial charge on any atom is -0.494 e. The van der Waals surface area contributed by atoms with Gasteiger partial charge < -0.3 is 15.2 Å². The van der Waals surface area contributed by atoms with Crippen LogP contribution in [-0.2, 0) is 9.53 Å². The number of anilines is 1. The van der Waals surface area contributed by atoms with Crippen molar-refractivity contribution in [3.8, 4) is 5.75 Å². The lowest BCUT2D eigenvalue weighted by Crippen LogP contribution is -2.04. The molecule has 2 rings (SSSR count). The van der Waals surface area contributed by atoms with Crippen molar-refractivity contribution in [2.24, 2.45) is 10.2 Å². The first-order valence-corrected chi connectivity index (χ1v) is 8.38. The van der Waals surface area contributed by atoms with Crippen molar-refractivity contribution in [2.45, 2.75) is 19.8 Å². The van der Waals surface area contributed by atoms with Crippen LogP contribution in [0.15, 0.2) is 65.3 Å². The van der Waals surface area contributed by atoms with Crippen LogP contribution in [0.1, 0.15) is 18.4 Å². The van der Waals surface area contributed by atoms with Crippen molar-refractivity contribution in [1.29, 1.82) is 0 Å². The molecule has 0 amide bonds. The number of ether oxygens (including phenoxy) is 2. The highest BCUT2D eigenvalue weighted by molar-refractivity contribution is 5.81. The van der Waals surface area contributed by atoms with Gasteiger partial charge in [-0.2, -0.15) is 10.2 Å². The van der Waals surface area contributed by atoms with Crippen LogP contribution < -0.4 is 10.5 Å². The first-order valence-electron chi connectivity index (χ1n) is 8.38. The Kier molecular flexibility index (Phi) is 7.36. The van der Waals surface area contributed by atoms with Crippen LogP contribution in [0.3, 0.4) is 0 Å². The van der Waals surface area contributed by atoms with E-state index in [-0.39, 0.29) is 0 Å². The maximum atomic E-state index is 10.9. The van der Waals surface area contributed by atoms with Gasteiger partial charge in [0.25, 0.3) is 0 Å². The molecular weight excluding hydrogens is 330 g/mol. The molecule has 136 valence electrons. The topological polar surface area (TPSA) is 86.3 Å². The molecule has 2 aromatic carbocycles. The zero-order chi connectivity index (χ0) is 18.8. The van der Waals surface area contributed by atoms with Crippen LogP contribution in [0.25, 0.3) is 0 Å². The van der Waals surface area contributed by atoms with Gasteiger partial charge in [-0.15, -0.1) is 0 Å². The molecule has 0 saturated heterocycles. The van der Waals surface area contributed by atoms with Crippen LogP contribution in [-0.4, -0.2) is 19.2 Å². The molecular formula is C20H23N3O3. The Bertz CT molecular complexity index is 770. The fraction of sp³-hybridized carbons (Fsp3) is 0.250. The predicted octanol–water partition coefficient (Wildman–Crippen LogP) is 4.88. The van der Waals surface area contributed by atoms with E-state index in [4.69, 9.17) is 15.2 Å². The van der Waals surface area contributed by atoms with E-state index in [2.05, 4.69) is 16.8 Å². The van der Waals surface area contributed by atoms with Crippen molar-refractivity contribution < 1.29 is 14.3 Å². The molecule has 2 aromatic rings. The average molecular weight is 353 g/mol. The monoisotopic (exact) mass is 353 g/mol. The van der Waals surface area contributed by atoms with Gasteiger partial charge in [0.1, 0.15) is 5.75 Å². The van der Waals surface area contributed by atoms with Gasteiger partial charge in [-0.3, -0.25) is 0 Å². The SMILES string of the molecule is C=CC(=O)OCCCCOc1ccc(/N=N/c2ccc(N)c(C)c2)cc1. The number of nitrogen functional groups attached to an aromatic ring is 1. The highest BCUT2D eigenvalue weighted by Gasteiger charge is 1.98. The van der Waals surface area contributed by atoms with E-state index in [0.717, 1.165) is 47.3 Å². The molecule has 0 unspecified atom stereocenters. The summed E-state index contributed by atoms with van der Waals surface area (Å²) in [6.07, 6.45) is 2.69. The second-order valence-electron chi connectivity index (χ2n) is 5.66. The number of azo groups is 1. The molecule has 0 aliphatic rings. The first-order chi connectivity index (χ1) is 12.6. The molecule has 0 spiro atoms. The Hall–Kier alpha value is -3.15. The van der Waals surface area contributed by atoms with Gasteiger partial charge in [-0.25, -0.2) is 4.79 Å². The van der Waals surface area contributed by atoms with Crippen molar-refractivity contribution in [1.82, 2.24) is 0 Å². The molecule has 0 fully saturated rings. The summed E-state index contributed by atoms with van der Waals surface area (Å²) in [7, 11) is 0. The zero-order valence-corrected chi connectivity index (χ0v) is 14.9. The van der Waals surface area contributed by atoms with Gasteiger partial charge in [0.05, 0.1) is 24.6 Å². The highest BCUT2D eigenvalue weighted by atomic mass is 16.5. The smallest absolute Gasteiger partial charge is 0.330 e. The van der Waals surface area contributed by atoms with Crippen molar-refractivity contribution in [3.05, 3.63) is 60.7 Å². The molecule has 0 heterocycles. The van der Waals surface area contributed by atoms with Crippen molar-refractivity contribution in [3.63, 3.8) is 0 Å². The lowest BCUT2D eigenvalue weighted by atomic mass is 10.2. The van der Waals surface area contributed by atoms with Gasteiger partial charge in [0.15, 0.2) is 0 Å². The molecule has 2 N–H and O–H groups in total. The summed E-state index contributed by atoms with van der Waals surface area (Å²) in [6, 6.07) is 12.9. The maximum Gasteiger partial charge on any atom is 0.330 e. The molecule has 0 aliphatic heterocycles. The highest BCUT2D eigenvalue weighted by Crippen LogP contribution is 2.23. The van der Waals surface area contributed by atoms with Crippen LogP contribution in [0.2, 0.25) is 0 Å². The second kappa shape index (κ2) is 9.98. The largest absolute Gasteiger partial charge is 0.494 e. The Morgan fingerprint density at radius 2 is 1.73 bits per heavy atom. The van der Waals surface area contributed by atoms with Gasteiger partial charge >= 0.3 is 5.97 Å². The van der Waals surface area contributed by atoms with E-state index in [9.17, 15) is 4.79 Å². The number of hydrogen-bond donors (Lipinski definition) is 1. The minimum absolute atomic E-state index is 0.373. The number of carbonyl (C=O) groups excluding carboxylic acids is 1. The van der Waals surface area contributed by atoms with Gasteiger partial charge in [-0.1, -0.05) is 6.58 Å². The van der Waals surface area contributed by atoms with Gasteiger partial charge in [-0.05, 0) is 67.8 Å². The molecule has 0 aliphatic carbocycles. The fourth-order valence-electron chi connectivity index (χ4n) is 2.07. The van der Waals surface area contributed by atoms with Gasteiger partial charge in [0, 0.05) is 11.8 Å². The Balaban J connectivity index is 1.75. The number of aryl methyl sites for hydroxylation is 1. The first kappa shape index (κ1) is 19.2. The molecule has 26 heavy (non-hydrogen) atoms. The molecule has 0 aromatic heterocycles. The van der Waals surface area contributed by atoms with Gasteiger partial charge in [0.2, 0.25) is 0 Å². The van der Waals surface area contributed by atoms with Crippen molar-refractivity contribution in [2.75, 3.05) is 18.9 Å². The summed E-state index contributed by atoms with van der Waals surface area (Å²) >= 11 is 0. The molecule has 0 radical (unpaired) electrons. The molecule has 0 atom stereocenters. The van der Waals surface area contributed by atoms with E-state index >= 15 is 0 Å². The quantitative estimate of drug-likeness (QED) is 0.229. The molecule has 6 nitrogen and oxygen atoms in total. The minimum atomic E-state index is -0.398. The summed E-state index contributed by atoms with van der Waals surface area (Å²) in [5.74, 6) is 0.361. The number of benzene rings is 2. The summed E-state index contributed by atoms with van der Waals surface area (Å²) in [4.78, 5) is 10.9. The summed E-state index contributed by atoms with van der Waals surface area (Å²) in [5.41, 5.74) is 9.00. The number of esters is 1. The Morgan fingerprint density at radius 3 is 2.42 bits per heavy atom. The molecule has 0 bridgehead atoms. The third kappa shape index (κ3) is 6.39. The number of hydrogen-bond acceptors (Lipinski definition) is 6. The van der Waals surface area contributed by atoms with E-state index in [0.29, 0.717) is 13.2 Å². The maximum absolute atomic E-state index is 10.9. The van der Waals surface area contributed by atoms with E-state index in [1.54, 1.807) is 0 Å². The summed E-state index contributed by atoms with van der Waals surface area (Å²) in [5, 5.41) is 8.41. The third-order valence-corrected chi connectivity index (χ3v) is 3.59. The standard InChI is InChI=1S/C20H23N3O3/c1-3-20(24)26-13-5-4-12-25-18-9-6-16(7-10-18)22-23-17-8-11-19(21)15(2)14-17/h3,6-11,14H,1,4-5,12-13,21H2,2H3/b23-22+. The lowest BCUT2D eigenvalue weighted by molar-refractivity contribution is -0.137. The second-order valence-corrected chi connectivity index (χ2v) is 5.66.